The number of phenols is 2. The van der Waals surface area contributed by atoms with Crippen molar-refractivity contribution in [2.75, 3.05) is 0 Å². The van der Waals surface area contributed by atoms with Gasteiger partial charge in [0.1, 0.15) is 22.9 Å². The van der Waals surface area contributed by atoms with Gasteiger partial charge in [0.05, 0.1) is 0 Å². The summed E-state index contributed by atoms with van der Waals surface area (Å²) < 4.78 is 61.8. The minimum Gasteiger partial charge on any atom is -0.507 e. The quantitative estimate of drug-likeness (QED) is 0.0543. The molecule has 0 aromatic heterocycles. The second-order valence-corrected chi connectivity index (χ2v) is 16.3. The second kappa shape index (κ2) is 22.7. The number of fused-ring (bicyclic) bond motifs is 1. The Morgan fingerprint density at radius 1 is 0.400 bits per heavy atom. The van der Waals surface area contributed by atoms with Gasteiger partial charge in [0, 0.05) is 39.4 Å². The summed E-state index contributed by atoms with van der Waals surface area (Å²) in [6.45, 7) is 15.9. The highest BCUT2D eigenvalue weighted by Gasteiger charge is 2.17. The molecule has 0 heterocycles. The van der Waals surface area contributed by atoms with Gasteiger partial charge >= 0.3 is 20.6 Å². The van der Waals surface area contributed by atoms with Crippen molar-refractivity contribution in [2.24, 2.45) is 0 Å². The molecule has 0 aliphatic rings. The standard InChI is InChI=1S/C16H10O.C10H8O.2C9H13NO3S.2C2H6/c17-14-9-7-12-5-4-10-2-1-3-11-6-8-13(14)16(12)15(10)11;11-10-7-3-5-8-4-1-2-6-9(8)10;2*1-7(2)8-5-3-4-6-9(8)10-14(11,12)13;2*1-2/h1-9,17H;1-7,11H;2*3-7,10H,1-2H3,(H,11,12,13);2*1-2H3/p+2. The third-order valence-corrected chi connectivity index (χ3v) is 10.2. The van der Waals surface area contributed by atoms with Crippen molar-refractivity contribution in [3.05, 3.63) is 157 Å². The summed E-state index contributed by atoms with van der Waals surface area (Å²) in [7, 11) is -8.12. The molecule has 60 heavy (non-hydrogen) atoms. The molecule has 0 aliphatic carbocycles. The molecular formula is C48H58N2O8S2+2. The van der Waals surface area contributed by atoms with Crippen LogP contribution in [0.1, 0.15) is 78.4 Å². The van der Waals surface area contributed by atoms with E-state index in [-0.39, 0.29) is 11.8 Å². The van der Waals surface area contributed by atoms with Crippen molar-refractivity contribution >= 4 is 75.1 Å². The van der Waals surface area contributed by atoms with Gasteiger partial charge in [-0.1, -0.05) is 177 Å². The molecule has 8 aromatic rings. The van der Waals surface area contributed by atoms with Crippen LogP contribution < -0.4 is 9.44 Å². The first kappa shape index (κ1) is 48.8. The topological polar surface area (TPSA) is 182 Å². The van der Waals surface area contributed by atoms with Gasteiger partial charge in [-0.15, -0.1) is 16.8 Å². The summed E-state index contributed by atoms with van der Waals surface area (Å²) in [5.41, 5.74) is 2.91. The van der Waals surface area contributed by atoms with Crippen molar-refractivity contribution in [1.29, 1.82) is 0 Å². The van der Waals surface area contributed by atoms with Crippen molar-refractivity contribution < 1.29 is 45.6 Å². The molecule has 8 N–H and O–H groups in total. The maximum Gasteiger partial charge on any atom is 0.434 e. The van der Waals surface area contributed by atoms with E-state index in [2.05, 4.69) is 36.4 Å². The monoisotopic (exact) mass is 854 g/mol. The Morgan fingerprint density at radius 3 is 1.25 bits per heavy atom. The zero-order valence-electron chi connectivity index (χ0n) is 35.4. The molecule has 0 amide bonds. The maximum atomic E-state index is 10.7. The molecule has 8 rings (SSSR count). The van der Waals surface area contributed by atoms with Crippen LogP contribution in [0.3, 0.4) is 0 Å². The van der Waals surface area contributed by atoms with Gasteiger partial charge in [0.15, 0.2) is 0 Å². The molecule has 0 radical (unpaired) electrons. The van der Waals surface area contributed by atoms with Gasteiger partial charge in [-0.2, -0.15) is 9.44 Å². The number of rotatable bonds is 6. The molecule has 8 aromatic carbocycles. The van der Waals surface area contributed by atoms with Crippen molar-refractivity contribution in [3.8, 4) is 11.5 Å². The Kier molecular flexibility index (Phi) is 18.4. The SMILES string of the molecule is CC.CC.CC(C)c1ccccc1[NH2+]S(=O)(=O)O.CC(C)c1ccccc1[NH2+]S(=O)(=O)O.Oc1ccc2ccc3cccc4ccc1c2c34.Oc1cccc2ccccc12. The van der Waals surface area contributed by atoms with E-state index in [0.717, 1.165) is 36.7 Å². The van der Waals surface area contributed by atoms with Crippen LogP contribution in [0.5, 0.6) is 11.5 Å². The van der Waals surface area contributed by atoms with Crippen LogP contribution >= 0.6 is 0 Å². The van der Waals surface area contributed by atoms with E-state index in [4.69, 9.17) is 9.11 Å². The predicted molar refractivity (Wildman–Crippen MR) is 247 cm³/mol. The van der Waals surface area contributed by atoms with E-state index in [1.54, 1.807) is 36.4 Å². The lowest BCUT2D eigenvalue weighted by atomic mass is 9.94. The minimum atomic E-state index is -4.06. The van der Waals surface area contributed by atoms with Crippen LogP contribution in [0, 0.1) is 0 Å². The summed E-state index contributed by atoms with van der Waals surface area (Å²) in [5, 5.41) is 28.3. The van der Waals surface area contributed by atoms with Crippen LogP contribution in [0.15, 0.2) is 146 Å². The van der Waals surface area contributed by atoms with E-state index >= 15 is 0 Å². The number of hydrogen-bond acceptors (Lipinski definition) is 6. The van der Waals surface area contributed by atoms with Crippen molar-refractivity contribution in [1.82, 2.24) is 0 Å². The van der Waals surface area contributed by atoms with Crippen LogP contribution in [0.25, 0.3) is 43.1 Å². The van der Waals surface area contributed by atoms with E-state index in [0.29, 0.717) is 22.9 Å². The Bertz CT molecular complexity index is 2700. The second-order valence-electron chi connectivity index (χ2n) is 13.8. The van der Waals surface area contributed by atoms with E-state index < -0.39 is 20.6 Å². The predicted octanol–water partition coefficient (Wildman–Crippen LogP) is 10.5. The fourth-order valence-electron chi connectivity index (χ4n) is 6.54. The summed E-state index contributed by atoms with van der Waals surface area (Å²) in [5.74, 6) is 1.16. The Morgan fingerprint density at radius 2 is 0.767 bits per heavy atom. The molecule has 0 atom stereocenters. The molecule has 0 bridgehead atoms. The van der Waals surface area contributed by atoms with Gasteiger partial charge < -0.3 is 10.2 Å². The van der Waals surface area contributed by atoms with E-state index in [1.165, 1.54) is 26.9 Å². The Labute approximate surface area is 354 Å². The van der Waals surface area contributed by atoms with Gasteiger partial charge in [-0.3, -0.25) is 0 Å². The molecule has 12 heteroatoms. The molecule has 0 fully saturated rings. The van der Waals surface area contributed by atoms with Crippen LogP contribution in [-0.4, -0.2) is 36.2 Å². The molecular weight excluding hydrogens is 797 g/mol. The molecule has 0 spiro atoms. The van der Waals surface area contributed by atoms with Gasteiger partial charge in [0.25, 0.3) is 0 Å². The smallest absolute Gasteiger partial charge is 0.434 e. The molecule has 10 nitrogen and oxygen atoms in total. The molecule has 0 unspecified atom stereocenters. The summed E-state index contributed by atoms with van der Waals surface area (Å²) in [6.07, 6.45) is 0. The number of aromatic hydroxyl groups is 2. The van der Waals surface area contributed by atoms with Crippen LogP contribution in [0.4, 0.5) is 11.4 Å². The molecule has 0 saturated heterocycles. The number of quaternary nitrogens is 2. The average molecular weight is 855 g/mol. The highest BCUT2D eigenvalue weighted by molar-refractivity contribution is 7.79. The third-order valence-electron chi connectivity index (χ3n) is 9.06. The van der Waals surface area contributed by atoms with Crippen molar-refractivity contribution in [3.63, 3.8) is 0 Å². The first-order valence-electron chi connectivity index (χ1n) is 19.9. The average Bonchev–Trinajstić information content (AvgIpc) is 3.22. The first-order valence-corrected chi connectivity index (χ1v) is 22.9. The largest absolute Gasteiger partial charge is 0.507 e. The van der Waals surface area contributed by atoms with Gasteiger partial charge in [-0.05, 0) is 50.9 Å². The number of nitrogens with two attached hydrogens (primary N) is 2. The lowest BCUT2D eigenvalue weighted by Gasteiger charge is -2.11. The lowest BCUT2D eigenvalue weighted by Crippen LogP contribution is -2.81. The highest BCUT2D eigenvalue weighted by atomic mass is 32.2. The van der Waals surface area contributed by atoms with E-state index in [1.807, 2.05) is 128 Å². The summed E-state index contributed by atoms with van der Waals surface area (Å²) >= 11 is 0. The van der Waals surface area contributed by atoms with Crippen molar-refractivity contribution in [2.45, 2.75) is 67.2 Å². The van der Waals surface area contributed by atoms with Crippen LogP contribution in [0.2, 0.25) is 0 Å². The van der Waals surface area contributed by atoms with Gasteiger partial charge in [-0.25, -0.2) is 9.11 Å². The lowest BCUT2D eigenvalue weighted by molar-refractivity contribution is -0.408. The third kappa shape index (κ3) is 13.7. The molecule has 0 saturated carbocycles. The molecule has 318 valence electrons. The summed E-state index contributed by atoms with van der Waals surface area (Å²) in [4.78, 5) is 0. The highest BCUT2D eigenvalue weighted by Crippen LogP contribution is 2.37. The number of hydrogen-bond donors (Lipinski definition) is 6. The minimum absolute atomic E-state index is 0.226. The Balaban J connectivity index is 0.000000210. The van der Waals surface area contributed by atoms with E-state index in [9.17, 15) is 27.0 Å². The normalized spacial score (nSPS) is 11.0. The number of phenolic OH excluding ortho intramolecular Hbond substituents is 2. The Hall–Kier alpha value is -5.60. The summed E-state index contributed by atoms with van der Waals surface area (Å²) in [6, 6.07) is 45.9. The fourth-order valence-corrected chi connectivity index (χ4v) is 7.61. The van der Waals surface area contributed by atoms with Crippen LogP contribution in [-0.2, 0) is 20.6 Å². The zero-order chi connectivity index (χ0) is 44.6. The fraction of sp³-hybridized carbons (Fsp3) is 0.208. The molecule has 0 aliphatic heterocycles. The van der Waals surface area contributed by atoms with Gasteiger partial charge in [0.2, 0.25) is 0 Å². The maximum absolute atomic E-state index is 10.7. The number of benzene rings is 8. The first-order chi connectivity index (χ1) is 28.5. The zero-order valence-corrected chi connectivity index (χ0v) is 37.0.